The lowest BCUT2D eigenvalue weighted by Gasteiger charge is -2.37. The lowest BCUT2D eigenvalue weighted by atomic mass is 9.78. The summed E-state index contributed by atoms with van der Waals surface area (Å²) >= 11 is 0. The average molecular weight is 470 g/mol. The average Bonchev–Trinajstić information content (AvgIpc) is 2.80. The maximum Gasteiger partial charge on any atom is 0.334 e. The largest absolute Gasteiger partial charge is 0.478 e. The molecule has 0 bridgehead atoms. The number of hydrogen-bond acceptors (Lipinski definition) is 5. The van der Waals surface area contributed by atoms with E-state index in [1.54, 1.807) is 19.9 Å². The van der Waals surface area contributed by atoms with Gasteiger partial charge < -0.3 is 15.3 Å². The number of rotatable bonds is 13. The number of allylic oxidation sites excluding steroid dienone is 2. The molecule has 1 aromatic carbocycles. The Kier molecular flexibility index (Phi) is 10.0. The molecular weight excluding hydrogens is 434 g/mol. The van der Waals surface area contributed by atoms with Gasteiger partial charge >= 0.3 is 5.97 Å². The number of hydrogen-bond donors (Lipinski definition) is 2. The molecule has 0 saturated carbocycles. The van der Waals surface area contributed by atoms with Crippen LogP contribution in [0.1, 0.15) is 70.8 Å². The molecule has 1 aromatic rings. The first-order chi connectivity index (χ1) is 16.3. The van der Waals surface area contributed by atoms with Gasteiger partial charge in [0.2, 0.25) is 5.91 Å². The molecule has 1 aliphatic heterocycles. The van der Waals surface area contributed by atoms with Crippen LogP contribution in [0.2, 0.25) is 0 Å². The van der Waals surface area contributed by atoms with Gasteiger partial charge in [-0.25, -0.2) is 4.79 Å². The molecule has 0 spiro atoms. The highest BCUT2D eigenvalue weighted by molar-refractivity contribution is 6.02. The van der Waals surface area contributed by atoms with Gasteiger partial charge in [0.15, 0.2) is 0 Å². The molecule has 1 unspecified atom stereocenters. The van der Waals surface area contributed by atoms with Crippen LogP contribution in [-0.4, -0.2) is 39.9 Å². The highest BCUT2D eigenvalue weighted by Crippen LogP contribution is 2.44. The second-order valence-electron chi connectivity index (χ2n) is 8.47. The maximum absolute atomic E-state index is 13.3. The molecule has 1 atom stereocenters. The first-order valence-corrected chi connectivity index (χ1v) is 11.8. The zero-order valence-electron chi connectivity index (χ0n) is 20.3. The van der Waals surface area contributed by atoms with Crippen molar-refractivity contribution in [2.24, 2.45) is 0 Å². The molecule has 0 saturated heterocycles. The predicted octanol–water partition coefficient (Wildman–Crippen LogP) is 5.29. The second kappa shape index (κ2) is 12.7. The number of nitrogens with zero attached hydrogens (tertiary/aromatic N) is 2. The van der Waals surface area contributed by atoms with Gasteiger partial charge in [-0.05, 0) is 20.3 Å². The van der Waals surface area contributed by atoms with E-state index in [0.717, 1.165) is 32.1 Å². The molecule has 1 heterocycles. The molecule has 0 aromatic heterocycles. The summed E-state index contributed by atoms with van der Waals surface area (Å²) in [7, 11) is 0. The van der Waals surface area contributed by atoms with Crippen molar-refractivity contribution in [2.75, 3.05) is 13.1 Å². The number of benzene rings is 1. The van der Waals surface area contributed by atoms with Crippen LogP contribution in [0, 0.1) is 10.1 Å². The van der Waals surface area contributed by atoms with Gasteiger partial charge in [-0.2, -0.15) is 0 Å². The van der Waals surface area contributed by atoms with Gasteiger partial charge in [0.05, 0.1) is 16.4 Å². The smallest absolute Gasteiger partial charge is 0.334 e. The van der Waals surface area contributed by atoms with Gasteiger partial charge in [0.25, 0.3) is 5.69 Å². The van der Waals surface area contributed by atoms with Crippen molar-refractivity contribution in [3.63, 3.8) is 0 Å². The summed E-state index contributed by atoms with van der Waals surface area (Å²) in [4.78, 5) is 38.9. The number of carboxylic acid groups (broad SMARTS) is 1. The van der Waals surface area contributed by atoms with Crippen LogP contribution < -0.4 is 5.32 Å². The molecule has 34 heavy (non-hydrogen) atoms. The van der Waals surface area contributed by atoms with Crippen LogP contribution in [0.25, 0.3) is 0 Å². The number of aliphatic carboxylic acids is 1. The molecule has 0 radical (unpaired) electrons. The first-order valence-electron chi connectivity index (χ1n) is 11.8. The van der Waals surface area contributed by atoms with E-state index in [1.807, 2.05) is 4.90 Å². The zero-order chi connectivity index (χ0) is 25.3. The number of carboxylic acids is 1. The maximum atomic E-state index is 13.3. The van der Waals surface area contributed by atoms with Gasteiger partial charge in [-0.15, -0.1) is 6.58 Å². The fourth-order valence-corrected chi connectivity index (χ4v) is 4.53. The van der Waals surface area contributed by atoms with Crippen LogP contribution in [0.4, 0.5) is 5.69 Å². The molecule has 1 aliphatic rings. The Morgan fingerprint density at radius 1 is 1.12 bits per heavy atom. The number of nitrogens with one attached hydrogen (secondary N) is 1. The molecule has 8 nitrogen and oxygen atoms in total. The minimum atomic E-state index is -1.20. The van der Waals surface area contributed by atoms with E-state index in [-0.39, 0.29) is 28.9 Å². The molecule has 2 rings (SSSR count). The van der Waals surface area contributed by atoms with Gasteiger partial charge in [-0.3, -0.25) is 14.9 Å². The summed E-state index contributed by atoms with van der Waals surface area (Å²) in [6.07, 6.45) is 8.00. The summed E-state index contributed by atoms with van der Waals surface area (Å²) in [5.74, 6) is -2.72. The van der Waals surface area contributed by atoms with Crippen molar-refractivity contribution in [2.45, 2.75) is 65.2 Å². The third kappa shape index (κ3) is 6.12. The fourth-order valence-electron chi connectivity index (χ4n) is 4.53. The van der Waals surface area contributed by atoms with E-state index in [1.165, 1.54) is 30.7 Å². The monoisotopic (exact) mass is 469 g/mol. The van der Waals surface area contributed by atoms with Crippen molar-refractivity contribution < 1.29 is 19.6 Å². The van der Waals surface area contributed by atoms with Crippen LogP contribution in [0.3, 0.4) is 0 Å². The Balaban J connectivity index is 2.58. The number of nitro groups is 1. The van der Waals surface area contributed by atoms with E-state index in [0.29, 0.717) is 17.9 Å². The zero-order valence-corrected chi connectivity index (χ0v) is 20.3. The first kappa shape index (κ1) is 26.8. The number of para-hydroxylation sites is 1. The van der Waals surface area contributed by atoms with E-state index in [9.17, 15) is 24.8 Å². The Bertz CT molecular complexity index is 996. The highest BCUT2D eigenvalue weighted by Gasteiger charge is 2.41. The van der Waals surface area contributed by atoms with Crippen molar-refractivity contribution in [3.8, 4) is 0 Å². The molecule has 8 heteroatoms. The standard InChI is InChI=1S/C26H35N3O5/c1-5-7-8-9-10-13-17-28-18(3)22(25(30)27-16-6-2)24(23(19(28)4)26(31)32)20-14-11-12-15-21(20)29(33)34/h6,11-12,14-15,24H,2,5,7-10,13,16-17H2,1,3-4H3,(H,27,30)(H,31,32). The van der Waals surface area contributed by atoms with Crippen LogP contribution in [-0.2, 0) is 9.59 Å². The topological polar surface area (TPSA) is 113 Å². The molecular formula is C26H35N3O5. The Hall–Kier alpha value is -3.42. The lowest BCUT2D eigenvalue weighted by Crippen LogP contribution is -2.38. The van der Waals surface area contributed by atoms with Crippen molar-refractivity contribution in [1.29, 1.82) is 0 Å². The number of nitro benzene ring substituents is 1. The molecule has 1 amide bonds. The van der Waals surface area contributed by atoms with Gasteiger partial charge in [-0.1, -0.05) is 63.3 Å². The van der Waals surface area contributed by atoms with E-state index in [2.05, 4.69) is 18.8 Å². The minimum absolute atomic E-state index is 0.0189. The van der Waals surface area contributed by atoms with Crippen molar-refractivity contribution in [1.82, 2.24) is 10.2 Å². The van der Waals surface area contributed by atoms with Gasteiger partial charge in [0, 0.05) is 41.7 Å². The SMILES string of the molecule is C=CCNC(=O)C1=C(C)N(CCCCCCCC)C(C)=C(C(=O)O)C1c1ccccc1[N+](=O)[O-]. The third-order valence-corrected chi connectivity index (χ3v) is 6.23. The van der Waals surface area contributed by atoms with Crippen LogP contribution in [0.15, 0.2) is 59.5 Å². The Labute approximate surface area is 201 Å². The molecule has 0 aliphatic carbocycles. The highest BCUT2D eigenvalue weighted by atomic mass is 16.6. The van der Waals surface area contributed by atoms with E-state index < -0.39 is 22.7 Å². The summed E-state index contributed by atoms with van der Waals surface area (Å²) in [5, 5.41) is 24.7. The molecule has 0 fully saturated rings. The van der Waals surface area contributed by atoms with Crippen LogP contribution >= 0.6 is 0 Å². The molecule has 184 valence electrons. The second-order valence-corrected chi connectivity index (χ2v) is 8.47. The number of carbonyl (C=O) groups excluding carboxylic acids is 1. The molecule has 2 N–H and O–H groups in total. The normalized spacial score (nSPS) is 16.0. The summed E-state index contributed by atoms with van der Waals surface area (Å²) in [6, 6.07) is 6.01. The van der Waals surface area contributed by atoms with Crippen LogP contribution in [0.5, 0.6) is 0 Å². The fraction of sp³-hybridized carbons (Fsp3) is 0.462. The van der Waals surface area contributed by atoms with Crippen molar-refractivity contribution >= 4 is 17.6 Å². The summed E-state index contributed by atoms with van der Waals surface area (Å²) < 4.78 is 0. The Morgan fingerprint density at radius 2 is 1.74 bits per heavy atom. The van der Waals surface area contributed by atoms with Gasteiger partial charge in [0.1, 0.15) is 0 Å². The van der Waals surface area contributed by atoms with Crippen molar-refractivity contribution in [3.05, 3.63) is 75.1 Å². The number of carbonyl (C=O) groups is 2. The quantitative estimate of drug-likeness (QED) is 0.176. The number of unbranched alkanes of at least 4 members (excludes halogenated alkanes) is 5. The predicted molar refractivity (Wildman–Crippen MR) is 132 cm³/mol. The lowest BCUT2D eigenvalue weighted by molar-refractivity contribution is -0.385. The van der Waals surface area contributed by atoms with E-state index >= 15 is 0 Å². The summed E-state index contributed by atoms with van der Waals surface area (Å²) in [5.41, 5.74) is 1.28. The minimum Gasteiger partial charge on any atom is -0.478 e. The Morgan fingerprint density at radius 3 is 2.35 bits per heavy atom. The number of amides is 1. The summed E-state index contributed by atoms with van der Waals surface area (Å²) in [6.45, 7) is 10.0. The van der Waals surface area contributed by atoms with E-state index in [4.69, 9.17) is 0 Å². The third-order valence-electron chi connectivity index (χ3n) is 6.23.